The lowest BCUT2D eigenvalue weighted by Crippen LogP contribution is -2.51. The molecule has 0 saturated heterocycles. The van der Waals surface area contributed by atoms with Crippen molar-refractivity contribution in [3.63, 3.8) is 0 Å². The van der Waals surface area contributed by atoms with Crippen molar-refractivity contribution >= 4 is 8.80 Å². The highest BCUT2D eigenvalue weighted by molar-refractivity contribution is 6.61. The van der Waals surface area contributed by atoms with E-state index >= 15 is 0 Å². The molecular formula is C13H22O4Si. The molecule has 2 unspecified atom stereocenters. The Bertz CT molecular complexity index is 333. The number of hydrogen-bond donors (Lipinski definition) is 1. The van der Waals surface area contributed by atoms with Gasteiger partial charge in [-0.2, -0.15) is 0 Å². The molecule has 4 nitrogen and oxygen atoms in total. The molecule has 0 aliphatic carbocycles. The molecular weight excluding hydrogens is 248 g/mol. The zero-order chi connectivity index (χ0) is 13.4. The largest absolute Gasteiger partial charge is 0.535 e. The molecule has 1 aromatic carbocycles. The van der Waals surface area contributed by atoms with E-state index < -0.39 is 14.5 Å². The molecule has 0 radical (unpaired) electrons. The van der Waals surface area contributed by atoms with Gasteiger partial charge in [0.15, 0.2) is 0 Å². The van der Waals surface area contributed by atoms with Crippen molar-refractivity contribution in [1.29, 1.82) is 0 Å². The van der Waals surface area contributed by atoms with E-state index in [1.807, 2.05) is 44.2 Å². The predicted octanol–water partition coefficient (Wildman–Crippen LogP) is 2.31. The summed E-state index contributed by atoms with van der Waals surface area (Å²) in [4.78, 5) is 0. The zero-order valence-electron chi connectivity index (χ0n) is 11.3. The fourth-order valence-corrected chi connectivity index (χ4v) is 4.06. The molecule has 0 heterocycles. The van der Waals surface area contributed by atoms with Gasteiger partial charge in [-0.3, -0.25) is 0 Å². The Morgan fingerprint density at radius 3 is 2.33 bits per heavy atom. The molecule has 0 aliphatic rings. The second-order valence-electron chi connectivity index (χ2n) is 3.90. The first-order valence-corrected chi connectivity index (χ1v) is 8.06. The molecule has 5 heteroatoms. The van der Waals surface area contributed by atoms with Gasteiger partial charge in [0, 0.05) is 20.3 Å². The number of rotatable bonds is 8. The quantitative estimate of drug-likeness (QED) is 0.736. The molecule has 2 atom stereocenters. The topological polar surface area (TPSA) is 47.9 Å². The van der Waals surface area contributed by atoms with E-state index in [1.54, 1.807) is 0 Å². The summed E-state index contributed by atoms with van der Waals surface area (Å²) in [6.07, 6.45) is 0.854. The Balaban J connectivity index is 2.93. The zero-order valence-corrected chi connectivity index (χ0v) is 12.3. The Morgan fingerprint density at radius 2 is 1.83 bits per heavy atom. The van der Waals surface area contributed by atoms with E-state index in [0.717, 1.165) is 12.0 Å². The van der Waals surface area contributed by atoms with Crippen molar-refractivity contribution in [3.8, 4) is 0 Å². The number of benzene rings is 1. The third kappa shape index (κ3) is 3.63. The Hall–Kier alpha value is -0.723. The van der Waals surface area contributed by atoms with Crippen molar-refractivity contribution in [2.24, 2.45) is 0 Å². The van der Waals surface area contributed by atoms with Gasteiger partial charge in [-0.15, -0.1) is 0 Å². The van der Waals surface area contributed by atoms with Crippen molar-refractivity contribution < 1.29 is 18.4 Å². The van der Waals surface area contributed by atoms with Crippen LogP contribution in [0.1, 0.15) is 31.6 Å². The van der Waals surface area contributed by atoms with Crippen LogP contribution in [0.5, 0.6) is 0 Å². The average Bonchev–Trinajstić information content (AvgIpc) is 2.44. The molecule has 0 fully saturated rings. The SMILES string of the molecule is CCCO[Si](OC)(OCC)C(O)c1ccccc1. The minimum absolute atomic E-state index is 0.452. The maximum Gasteiger partial charge on any atom is 0.535 e. The van der Waals surface area contributed by atoms with Crippen LogP contribution in [0.3, 0.4) is 0 Å². The van der Waals surface area contributed by atoms with Crippen molar-refractivity contribution in [1.82, 2.24) is 0 Å². The van der Waals surface area contributed by atoms with Crippen molar-refractivity contribution in [3.05, 3.63) is 35.9 Å². The second-order valence-corrected chi connectivity index (χ2v) is 6.64. The highest BCUT2D eigenvalue weighted by Gasteiger charge is 2.49. The summed E-state index contributed by atoms with van der Waals surface area (Å²) in [6, 6.07) is 9.34. The smallest absolute Gasteiger partial charge is 0.384 e. The summed E-state index contributed by atoms with van der Waals surface area (Å²) in [5, 5.41) is 10.5. The summed E-state index contributed by atoms with van der Waals surface area (Å²) in [5.74, 6) is 0. The Kier molecular flexibility index (Phi) is 6.52. The van der Waals surface area contributed by atoms with Crippen LogP contribution in [0.25, 0.3) is 0 Å². The van der Waals surface area contributed by atoms with Crippen LogP contribution >= 0.6 is 0 Å². The minimum atomic E-state index is -3.08. The molecule has 1 aromatic rings. The van der Waals surface area contributed by atoms with Gasteiger partial charge in [0.05, 0.1) is 0 Å². The first kappa shape index (κ1) is 15.3. The van der Waals surface area contributed by atoms with E-state index in [1.165, 1.54) is 7.11 Å². The molecule has 0 spiro atoms. The molecule has 0 saturated carbocycles. The van der Waals surface area contributed by atoms with E-state index in [4.69, 9.17) is 13.3 Å². The standard InChI is InChI=1S/C13H22O4Si/c1-4-11-17-18(15-3,16-5-2)13(14)12-9-7-6-8-10-12/h6-10,13-14H,4-5,11H2,1-3H3. The maximum absolute atomic E-state index is 10.5. The average molecular weight is 270 g/mol. The third-order valence-corrected chi connectivity index (χ3v) is 5.46. The van der Waals surface area contributed by atoms with Gasteiger partial charge < -0.3 is 18.4 Å². The monoisotopic (exact) mass is 270 g/mol. The fourth-order valence-electron chi connectivity index (χ4n) is 1.71. The van der Waals surface area contributed by atoms with Crippen molar-refractivity contribution in [2.45, 2.75) is 26.0 Å². The van der Waals surface area contributed by atoms with Gasteiger partial charge in [-0.1, -0.05) is 37.3 Å². The lowest BCUT2D eigenvalue weighted by molar-refractivity contribution is 0.0299. The molecule has 0 bridgehead atoms. The van der Waals surface area contributed by atoms with Gasteiger partial charge in [-0.05, 0) is 18.9 Å². The lowest BCUT2D eigenvalue weighted by atomic mass is 10.2. The highest BCUT2D eigenvalue weighted by atomic mass is 28.4. The van der Waals surface area contributed by atoms with E-state index in [9.17, 15) is 5.11 Å². The molecule has 18 heavy (non-hydrogen) atoms. The van der Waals surface area contributed by atoms with Gasteiger partial charge in [0.1, 0.15) is 5.73 Å². The van der Waals surface area contributed by atoms with Gasteiger partial charge in [0.2, 0.25) is 0 Å². The molecule has 0 amide bonds. The van der Waals surface area contributed by atoms with Gasteiger partial charge in [0.25, 0.3) is 0 Å². The fraction of sp³-hybridized carbons (Fsp3) is 0.538. The molecule has 0 aliphatic heterocycles. The van der Waals surface area contributed by atoms with E-state index in [-0.39, 0.29) is 0 Å². The summed E-state index contributed by atoms with van der Waals surface area (Å²) in [7, 11) is -1.55. The minimum Gasteiger partial charge on any atom is -0.384 e. The molecule has 1 rings (SSSR count). The highest BCUT2D eigenvalue weighted by Crippen LogP contribution is 2.27. The number of hydrogen-bond acceptors (Lipinski definition) is 4. The first-order chi connectivity index (χ1) is 8.70. The number of aliphatic hydroxyl groups excluding tert-OH is 1. The van der Waals surface area contributed by atoms with Crippen LogP contribution in [0.4, 0.5) is 0 Å². The summed E-state index contributed by atoms with van der Waals surface area (Å²) in [6.45, 7) is 4.85. The summed E-state index contributed by atoms with van der Waals surface area (Å²) in [5.41, 5.74) is -0.0919. The Morgan fingerprint density at radius 1 is 1.17 bits per heavy atom. The van der Waals surface area contributed by atoms with Gasteiger partial charge in [-0.25, -0.2) is 0 Å². The summed E-state index contributed by atoms with van der Waals surface area (Å²) < 4.78 is 16.8. The van der Waals surface area contributed by atoms with Crippen LogP contribution < -0.4 is 0 Å². The third-order valence-electron chi connectivity index (χ3n) is 2.59. The van der Waals surface area contributed by atoms with Gasteiger partial charge >= 0.3 is 8.80 Å². The van der Waals surface area contributed by atoms with Crippen LogP contribution in [0.2, 0.25) is 0 Å². The van der Waals surface area contributed by atoms with Crippen LogP contribution in [-0.2, 0) is 13.3 Å². The molecule has 1 N–H and O–H groups in total. The Labute approximate surface area is 110 Å². The molecule has 0 aromatic heterocycles. The number of aliphatic hydroxyl groups is 1. The van der Waals surface area contributed by atoms with E-state index in [2.05, 4.69) is 0 Å². The molecule has 102 valence electrons. The van der Waals surface area contributed by atoms with Crippen LogP contribution in [0, 0.1) is 0 Å². The maximum atomic E-state index is 10.5. The predicted molar refractivity (Wildman–Crippen MR) is 72.0 cm³/mol. The van der Waals surface area contributed by atoms with Crippen LogP contribution in [-0.4, -0.2) is 34.2 Å². The summed E-state index contributed by atoms with van der Waals surface area (Å²) >= 11 is 0. The lowest BCUT2D eigenvalue weighted by Gasteiger charge is -2.31. The van der Waals surface area contributed by atoms with Crippen LogP contribution in [0.15, 0.2) is 30.3 Å². The normalized spacial score (nSPS) is 16.2. The van der Waals surface area contributed by atoms with E-state index in [0.29, 0.717) is 13.2 Å². The second kappa shape index (κ2) is 7.65. The van der Waals surface area contributed by atoms with Crippen molar-refractivity contribution in [2.75, 3.05) is 20.3 Å². The first-order valence-electron chi connectivity index (χ1n) is 6.26.